The van der Waals surface area contributed by atoms with Crippen LogP contribution in [-0.2, 0) is 16.1 Å². The zero-order chi connectivity index (χ0) is 21.5. The molecular formula is C22H23BrN2O4S. The van der Waals surface area contributed by atoms with E-state index in [1.54, 1.807) is 25.2 Å². The van der Waals surface area contributed by atoms with Crippen molar-refractivity contribution in [3.8, 4) is 11.5 Å². The molecule has 1 aliphatic rings. The summed E-state index contributed by atoms with van der Waals surface area (Å²) in [7, 11) is 3.25. The quantitative estimate of drug-likeness (QED) is 0.324. The van der Waals surface area contributed by atoms with Gasteiger partial charge in [0.15, 0.2) is 5.11 Å². The SMILES string of the molecule is COCCCN1C(=O)/C(=C\c2ccc(OC)c(COc3ccccc3Br)c2)NC1=S. The Balaban J connectivity index is 1.76. The van der Waals surface area contributed by atoms with Crippen LogP contribution >= 0.6 is 28.1 Å². The number of amides is 1. The lowest BCUT2D eigenvalue weighted by Gasteiger charge is -2.13. The van der Waals surface area contributed by atoms with E-state index in [4.69, 9.17) is 26.4 Å². The van der Waals surface area contributed by atoms with Crippen molar-refractivity contribution < 1.29 is 19.0 Å². The summed E-state index contributed by atoms with van der Waals surface area (Å²) < 4.78 is 17.3. The third-order valence-electron chi connectivity index (χ3n) is 4.53. The minimum atomic E-state index is -0.141. The van der Waals surface area contributed by atoms with Crippen LogP contribution in [0, 0.1) is 0 Å². The molecule has 0 aromatic heterocycles. The molecule has 8 heteroatoms. The molecule has 1 saturated heterocycles. The molecule has 1 fully saturated rings. The van der Waals surface area contributed by atoms with E-state index in [2.05, 4.69) is 21.2 Å². The van der Waals surface area contributed by atoms with Crippen LogP contribution < -0.4 is 14.8 Å². The number of hydrogen-bond acceptors (Lipinski definition) is 5. The second-order valence-electron chi connectivity index (χ2n) is 6.58. The maximum Gasteiger partial charge on any atom is 0.276 e. The monoisotopic (exact) mass is 490 g/mol. The molecule has 1 heterocycles. The molecule has 2 aromatic carbocycles. The predicted molar refractivity (Wildman–Crippen MR) is 123 cm³/mol. The Labute approximate surface area is 189 Å². The van der Waals surface area contributed by atoms with E-state index in [1.807, 2.05) is 42.5 Å². The Kier molecular flexibility index (Phi) is 7.84. The third kappa shape index (κ3) is 5.38. The van der Waals surface area contributed by atoms with Gasteiger partial charge in [-0.3, -0.25) is 9.69 Å². The highest BCUT2D eigenvalue weighted by Crippen LogP contribution is 2.28. The second-order valence-corrected chi connectivity index (χ2v) is 7.82. The molecule has 0 atom stereocenters. The van der Waals surface area contributed by atoms with Crippen molar-refractivity contribution in [2.75, 3.05) is 27.4 Å². The first-order valence-electron chi connectivity index (χ1n) is 9.41. The summed E-state index contributed by atoms with van der Waals surface area (Å²) in [4.78, 5) is 14.2. The molecule has 1 N–H and O–H groups in total. The van der Waals surface area contributed by atoms with E-state index in [1.165, 1.54) is 0 Å². The fraction of sp³-hybridized carbons (Fsp3) is 0.273. The van der Waals surface area contributed by atoms with Crippen molar-refractivity contribution in [2.45, 2.75) is 13.0 Å². The van der Waals surface area contributed by atoms with Gasteiger partial charge >= 0.3 is 0 Å². The van der Waals surface area contributed by atoms with Gasteiger partial charge in [0.05, 0.1) is 11.6 Å². The number of carbonyl (C=O) groups excluding carboxylic acids is 1. The smallest absolute Gasteiger partial charge is 0.276 e. The van der Waals surface area contributed by atoms with E-state index in [0.29, 0.717) is 36.3 Å². The standard InChI is InChI=1S/C22H23BrN2O4S/c1-27-11-5-10-25-21(26)18(24-22(25)30)13-15-8-9-19(28-2)16(12-15)14-29-20-7-4-3-6-17(20)23/h3-4,6-9,12-13H,5,10-11,14H2,1-2H3,(H,24,30)/b18-13+. The molecule has 0 aliphatic carbocycles. The van der Waals surface area contributed by atoms with Crippen molar-refractivity contribution in [1.29, 1.82) is 0 Å². The van der Waals surface area contributed by atoms with Gasteiger partial charge in [-0.2, -0.15) is 0 Å². The zero-order valence-corrected chi connectivity index (χ0v) is 19.2. The summed E-state index contributed by atoms with van der Waals surface area (Å²) in [6.45, 7) is 1.42. The zero-order valence-electron chi connectivity index (χ0n) is 16.8. The molecule has 0 radical (unpaired) electrons. The van der Waals surface area contributed by atoms with E-state index < -0.39 is 0 Å². The van der Waals surface area contributed by atoms with Gasteiger partial charge in [-0.05, 0) is 70.5 Å². The highest BCUT2D eigenvalue weighted by atomic mass is 79.9. The van der Waals surface area contributed by atoms with Gasteiger partial charge in [0.1, 0.15) is 23.8 Å². The number of para-hydroxylation sites is 1. The maximum atomic E-state index is 12.7. The predicted octanol–water partition coefficient (Wildman–Crippen LogP) is 4.13. The van der Waals surface area contributed by atoms with Crippen LogP contribution in [0.5, 0.6) is 11.5 Å². The molecule has 1 amide bonds. The van der Waals surface area contributed by atoms with Gasteiger partial charge in [-0.25, -0.2) is 0 Å². The number of nitrogens with one attached hydrogen (secondary N) is 1. The third-order valence-corrected chi connectivity index (χ3v) is 5.51. The van der Waals surface area contributed by atoms with Gasteiger partial charge in [0, 0.05) is 25.8 Å². The van der Waals surface area contributed by atoms with Gasteiger partial charge in [-0.15, -0.1) is 0 Å². The van der Waals surface area contributed by atoms with E-state index >= 15 is 0 Å². The number of hydrogen-bond donors (Lipinski definition) is 1. The highest BCUT2D eigenvalue weighted by Gasteiger charge is 2.30. The topological polar surface area (TPSA) is 60.0 Å². The van der Waals surface area contributed by atoms with Gasteiger partial charge in [-0.1, -0.05) is 18.2 Å². The molecular weight excluding hydrogens is 468 g/mol. The van der Waals surface area contributed by atoms with Crippen molar-refractivity contribution in [3.05, 3.63) is 63.8 Å². The van der Waals surface area contributed by atoms with Gasteiger partial charge < -0.3 is 19.5 Å². The Morgan fingerprint density at radius 2 is 1.97 bits per heavy atom. The number of methoxy groups -OCH3 is 2. The Hall–Kier alpha value is -2.42. The van der Waals surface area contributed by atoms with Crippen molar-refractivity contribution in [1.82, 2.24) is 10.2 Å². The summed E-state index contributed by atoms with van der Waals surface area (Å²) in [5, 5.41) is 3.41. The highest BCUT2D eigenvalue weighted by molar-refractivity contribution is 9.10. The molecule has 1 aliphatic heterocycles. The summed E-state index contributed by atoms with van der Waals surface area (Å²) in [5.74, 6) is 1.32. The van der Waals surface area contributed by atoms with Gasteiger partial charge in [0.2, 0.25) is 0 Å². The number of thiocarbonyl (C=S) groups is 1. The average molecular weight is 491 g/mol. The number of nitrogens with zero attached hydrogens (tertiary/aromatic N) is 1. The van der Waals surface area contributed by atoms with Crippen LogP contribution in [0.25, 0.3) is 6.08 Å². The average Bonchev–Trinajstić information content (AvgIpc) is 3.01. The van der Waals surface area contributed by atoms with Crippen molar-refractivity contribution >= 4 is 45.2 Å². The van der Waals surface area contributed by atoms with Crippen LogP contribution in [0.15, 0.2) is 52.6 Å². The fourth-order valence-corrected chi connectivity index (χ4v) is 3.71. The molecule has 158 valence electrons. The van der Waals surface area contributed by atoms with E-state index in [-0.39, 0.29) is 5.91 Å². The normalized spacial score (nSPS) is 14.9. The lowest BCUT2D eigenvalue weighted by molar-refractivity contribution is -0.122. The number of benzene rings is 2. The van der Waals surface area contributed by atoms with Crippen LogP contribution in [0.4, 0.5) is 0 Å². The number of rotatable bonds is 9. The largest absolute Gasteiger partial charge is 0.496 e. The molecule has 0 saturated carbocycles. The molecule has 0 bridgehead atoms. The lowest BCUT2D eigenvalue weighted by atomic mass is 10.1. The first kappa shape index (κ1) is 22.3. The Bertz CT molecular complexity index is 964. The van der Waals surface area contributed by atoms with Crippen LogP contribution in [0.3, 0.4) is 0 Å². The van der Waals surface area contributed by atoms with Crippen LogP contribution in [-0.4, -0.2) is 43.3 Å². The van der Waals surface area contributed by atoms with Crippen molar-refractivity contribution in [3.63, 3.8) is 0 Å². The van der Waals surface area contributed by atoms with Gasteiger partial charge in [0.25, 0.3) is 5.91 Å². The van der Waals surface area contributed by atoms with Crippen molar-refractivity contribution in [2.24, 2.45) is 0 Å². The summed E-state index contributed by atoms with van der Waals surface area (Å²) in [6.07, 6.45) is 2.50. The first-order chi connectivity index (χ1) is 14.5. The molecule has 0 unspecified atom stereocenters. The minimum Gasteiger partial charge on any atom is -0.496 e. The summed E-state index contributed by atoms with van der Waals surface area (Å²) in [6, 6.07) is 13.3. The van der Waals surface area contributed by atoms with E-state index in [0.717, 1.165) is 27.8 Å². The Morgan fingerprint density at radius 1 is 1.17 bits per heavy atom. The second kappa shape index (κ2) is 10.6. The molecule has 0 spiro atoms. The molecule has 3 rings (SSSR count). The number of ether oxygens (including phenoxy) is 3. The molecule has 2 aromatic rings. The summed E-state index contributed by atoms with van der Waals surface area (Å²) in [5.41, 5.74) is 2.16. The number of halogens is 1. The van der Waals surface area contributed by atoms with E-state index in [9.17, 15) is 4.79 Å². The van der Waals surface area contributed by atoms with Crippen LogP contribution in [0.1, 0.15) is 17.5 Å². The maximum absolute atomic E-state index is 12.7. The summed E-state index contributed by atoms with van der Waals surface area (Å²) >= 11 is 8.78. The minimum absolute atomic E-state index is 0.141. The Morgan fingerprint density at radius 3 is 2.70 bits per heavy atom. The number of carbonyl (C=O) groups is 1. The fourth-order valence-electron chi connectivity index (χ4n) is 3.03. The first-order valence-corrected chi connectivity index (χ1v) is 10.6. The molecule has 30 heavy (non-hydrogen) atoms. The lowest BCUT2D eigenvalue weighted by Crippen LogP contribution is -2.32. The van der Waals surface area contributed by atoms with Crippen LogP contribution in [0.2, 0.25) is 0 Å². The molecule has 6 nitrogen and oxygen atoms in total.